The maximum absolute atomic E-state index is 9.16. The molecule has 2 rings (SSSR count). The predicted molar refractivity (Wildman–Crippen MR) is 57.8 cm³/mol. The largest absolute Gasteiger partial charge is 0.508 e. The molecule has 1 aromatic rings. The third-order valence-electron chi connectivity index (χ3n) is 3.11. The van der Waals surface area contributed by atoms with Crippen LogP contribution >= 0.6 is 7.92 Å². The maximum atomic E-state index is 9.16. The van der Waals surface area contributed by atoms with E-state index < -0.39 is 0 Å². The summed E-state index contributed by atoms with van der Waals surface area (Å²) in [6.45, 7) is 7.01. The fourth-order valence-corrected chi connectivity index (χ4v) is 4.43. The highest BCUT2D eigenvalue weighted by Crippen LogP contribution is 2.81. The number of rotatable bonds is 1. The van der Waals surface area contributed by atoms with Crippen LogP contribution in [0.1, 0.15) is 25.1 Å². The van der Waals surface area contributed by atoms with E-state index in [2.05, 4.69) is 20.5 Å². The van der Waals surface area contributed by atoms with Crippen LogP contribution in [0.2, 0.25) is 0 Å². The molecule has 1 aliphatic rings. The first kappa shape index (κ1) is 9.02. The van der Waals surface area contributed by atoms with Gasteiger partial charge in [0.1, 0.15) is 5.75 Å². The van der Waals surface area contributed by atoms with Gasteiger partial charge in [0, 0.05) is 5.66 Å². The molecule has 0 aromatic heterocycles. The van der Waals surface area contributed by atoms with Gasteiger partial charge in [-0.25, -0.2) is 0 Å². The van der Waals surface area contributed by atoms with Crippen molar-refractivity contribution in [3.63, 3.8) is 0 Å². The van der Waals surface area contributed by atoms with Gasteiger partial charge in [-0.15, -0.1) is 0 Å². The molecule has 0 saturated carbocycles. The van der Waals surface area contributed by atoms with E-state index in [9.17, 15) is 0 Å². The van der Waals surface area contributed by atoms with Crippen LogP contribution in [0.3, 0.4) is 0 Å². The number of benzene rings is 1. The lowest BCUT2D eigenvalue weighted by Gasteiger charge is -2.01. The molecule has 0 aliphatic carbocycles. The Hall–Kier alpha value is -0.550. The van der Waals surface area contributed by atoms with Gasteiger partial charge < -0.3 is 5.11 Å². The zero-order chi connectivity index (χ0) is 9.64. The topological polar surface area (TPSA) is 20.2 Å². The second-order valence-corrected chi connectivity index (χ2v) is 7.15. The van der Waals surface area contributed by atoms with Gasteiger partial charge >= 0.3 is 0 Å². The van der Waals surface area contributed by atoms with Gasteiger partial charge in [-0.1, -0.05) is 33.9 Å². The van der Waals surface area contributed by atoms with E-state index in [1.54, 1.807) is 12.1 Å². The minimum absolute atomic E-state index is 0.155. The summed E-state index contributed by atoms with van der Waals surface area (Å²) in [6, 6.07) is 7.67. The van der Waals surface area contributed by atoms with Gasteiger partial charge in [0.25, 0.3) is 0 Å². The highest BCUT2D eigenvalue weighted by molar-refractivity contribution is 7.67. The highest BCUT2D eigenvalue weighted by atomic mass is 31.1. The van der Waals surface area contributed by atoms with Crippen LogP contribution in [0, 0.1) is 0 Å². The van der Waals surface area contributed by atoms with Gasteiger partial charge in [0.15, 0.2) is 0 Å². The van der Waals surface area contributed by atoms with Crippen molar-refractivity contribution in [1.82, 2.24) is 0 Å². The van der Waals surface area contributed by atoms with Gasteiger partial charge in [-0.05, 0) is 29.5 Å². The van der Waals surface area contributed by atoms with E-state index in [4.69, 9.17) is 5.11 Å². The number of hydrogen-bond donors (Lipinski definition) is 1. The van der Waals surface area contributed by atoms with Crippen molar-refractivity contribution in [2.75, 3.05) is 6.66 Å². The standard InChI is InChI=1S/C11H15OP/c1-11(2)10(13(11)3)8-4-6-9(12)7-5-8/h4-7,10,12H,1-3H3. The van der Waals surface area contributed by atoms with Crippen molar-refractivity contribution >= 4 is 7.92 Å². The van der Waals surface area contributed by atoms with Gasteiger partial charge in [0.2, 0.25) is 0 Å². The van der Waals surface area contributed by atoms with Crippen LogP contribution in [-0.2, 0) is 0 Å². The second kappa shape index (κ2) is 2.72. The Labute approximate surface area is 80.5 Å². The van der Waals surface area contributed by atoms with Crippen LogP contribution in [0.25, 0.3) is 0 Å². The molecule has 0 spiro atoms. The summed E-state index contributed by atoms with van der Waals surface area (Å²) in [6.07, 6.45) is 0. The Balaban J connectivity index is 2.25. The Kier molecular flexibility index (Phi) is 1.89. The molecular formula is C11H15OP. The molecule has 0 radical (unpaired) electrons. The van der Waals surface area contributed by atoms with Crippen molar-refractivity contribution in [3.8, 4) is 5.75 Å². The SMILES string of the molecule is CP1C(c2ccc(O)cc2)C1(C)C. The average molecular weight is 194 g/mol. The van der Waals surface area contributed by atoms with Crippen molar-refractivity contribution in [3.05, 3.63) is 29.8 Å². The molecule has 1 aliphatic heterocycles. The lowest BCUT2D eigenvalue weighted by atomic mass is 10.0. The molecule has 2 heteroatoms. The lowest BCUT2D eigenvalue weighted by molar-refractivity contribution is 0.475. The van der Waals surface area contributed by atoms with Crippen LogP contribution in [0.4, 0.5) is 0 Å². The van der Waals surface area contributed by atoms with Crippen molar-refractivity contribution in [1.29, 1.82) is 0 Å². The normalized spacial score (nSPS) is 30.1. The minimum atomic E-state index is 0.155. The summed E-state index contributed by atoms with van der Waals surface area (Å²) < 4.78 is 0. The van der Waals surface area contributed by atoms with Gasteiger partial charge in [0.05, 0.1) is 0 Å². The van der Waals surface area contributed by atoms with E-state index in [-0.39, 0.29) is 7.92 Å². The number of phenols is 1. The number of phenolic OH excluding ortho intramolecular Hbond substituents is 1. The quantitative estimate of drug-likeness (QED) is 0.680. The molecular weight excluding hydrogens is 179 g/mol. The molecule has 1 aromatic carbocycles. The summed E-state index contributed by atoms with van der Waals surface area (Å²) in [7, 11) is 0.155. The van der Waals surface area contributed by atoms with Crippen LogP contribution in [0.15, 0.2) is 24.3 Å². The molecule has 13 heavy (non-hydrogen) atoms. The Bertz CT molecular complexity index is 315. The molecule has 2 atom stereocenters. The molecule has 1 saturated heterocycles. The first-order chi connectivity index (χ1) is 6.03. The van der Waals surface area contributed by atoms with Crippen molar-refractivity contribution in [2.45, 2.75) is 24.7 Å². The van der Waals surface area contributed by atoms with E-state index in [1.807, 2.05) is 12.1 Å². The fraction of sp³-hybridized carbons (Fsp3) is 0.455. The van der Waals surface area contributed by atoms with Crippen molar-refractivity contribution < 1.29 is 5.11 Å². The maximum Gasteiger partial charge on any atom is 0.115 e. The Morgan fingerprint density at radius 2 is 1.69 bits per heavy atom. The lowest BCUT2D eigenvalue weighted by Crippen LogP contribution is -1.96. The monoisotopic (exact) mass is 194 g/mol. The van der Waals surface area contributed by atoms with Crippen LogP contribution < -0.4 is 0 Å². The van der Waals surface area contributed by atoms with Gasteiger partial charge in [-0.2, -0.15) is 0 Å². The van der Waals surface area contributed by atoms with Gasteiger partial charge in [-0.3, -0.25) is 0 Å². The van der Waals surface area contributed by atoms with Crippen molar-refractivity contribution in [2.24, 2.45) is 0 Å². The minimum Gasteiger partial charge on any atom is -0.508 e. The Morgan fingerprint density at radius 3 is 2.08 bits per heavy atom. The predicted octanol–water partition coefficient (Wildman–Crippen LogP) is 3.34. The summed E-state index contributed by atoms with van der Waals surface area (Å²) in [5.74, 6) is 0.364. The Morgan fingerprint density at radius 1 is 1.23 bits per heavy atom. The highest BCUT2D eigenvalue weighted by Gasteiger charge is 2.54. The molecule has 1 N–H and O–H groups in total. The molecule has 0 bridgehead atoms. The molecule has 0 amide bonds. The summed E-state index contributed by atoms with van der Waals surface area (Å²) in [5, 5.41) is 9.67. The summed E-state index contributed by atoms with van der Waals surface area (Å²) in [4.78, 5) is 0. The third kappa shape index (κ3) is 1.36. The smallest absolute Gasteiger partial charge is 0.115 e. The number of aromatic hydroxyl groups is 1. The second-order valence-electron chi connectivity index (χ2n) is 4.26. The van der Waals surface area contributed by atoms with E-state index in [0.29, 0.717) is 10.9 Å². The fourth-order valence-electron chi connectivity index (χ4n) is 1.96. The zero-order valence-corrected chi connectivity index (χ0v) is 9.18. The van der Waals surface area contributed by atoms with E-state index in [0.717, 1.165) is 5.66 Å². The van der Waals surface area contributed by atoms with E-state index in [1.165, 1.54) is 5.56 Å². The van der Waals surface area contributed by atoms with Crippen LogP contribution in [-0.4, -0.2) is 16.9 Å². The molecule has 1 fully saturated rings. The molecule has 70 valence electrons. The summed E-state index contributed by atoms with van der Waals surface area (Å²) in [5.41, 5.74) is 2.12. The molecule has 1 nitrogen and oxygen atoms in total. The third-order valence-corrected chi connectivity index (χ3v) is 6.62. The first-order valence-corrected chi connectivity index (χ1v) is 6.41. The molecule has 1 heterocycles. The van der Waals surface area contributed by atoms with Crippen LogP contribution in [0.5, 0.6) is 5.75 Å². The molecule has 2 unspecified atom stereocenters. The zero-order valence-electron chi connectivity index (χ0n) is 8.28. The number of hydrogen-bond acceptors (Lipinski definition) is 1. The average Bonchev–Trinajstić information content (AvgIpc) is 2.55. The van der Waals surface area contributed by atoms with E-state index >= 15 is 0 Å². The first-order valence-electron chi connectivity index (χ1n) is 4.55. The summed E-state index contributed by atoms with van der Waals surface area (Å²) >= 11 is 0.